The summed E-state index contributed by atoms with van der Waals surface area (Å²) in [6.45, 7) is 2.97. The van der Waals surface area contributed by atoms with Crippen LogP contribution < -0.4 is 25.0 Å². The normalized spacial score (nSPS) is 12.3. The average Bonchev–Trinajstić information content (AvgIpc) is 2.90. The Bertz CT molecular complexity index is 1560. The third-order valence-corrected chi connectivity index (χ3v) is 5.85. The highest BCUT2D eigenvalue weighted by Gasteiger charge is 2.19. The number of ketones is 1. The Kier molecular flexibility index (Phi) is 6.59. The molecule has 0 spiro atoms. The van der Waals surface area contributed by atoms with Crippen molar-refractivity contribution in [1.29, 1.82) is 0 Å². The molecule has 1 amide bonds. The first-order valence-corrected chi connectivity index (χ1v) is 11.7. The number of pyridine rings is 1. The number of halogens is 1. The first-order chi connectivity index (χ1) is 17.9. The molecule has 0 aliphatic carbocycles. The second-order valence-corrected chi connectivity index (χ2v) is 8.35. The molecule has 37 heavy (non-hydrogen) atoms. The largest absolute Gasteiger partial charge is 0.494 e. The number of rotatable bonds is 7. The standard InChI is InChI=1S/C28H23FN2O6/c1-2-35-20-7-3-17(4-8-20)27(33)22-15-31(23-9-5-18(29)13-21(23)28(22)34)16-26(32)30-19-6-10-24-25(14-19)37-12-11-36-24/h3-10,13-15H,2,11-12,16H2,1H3,(H,30,32). The van der Waals surface area contributed by atoms with E-state index >= 15 is 0 Å². The van der Waals surface area contributed by atoms with E-state index in [2.05, 4.69) is 5.32 Å². The van der Waals surface area contributed by atoms with Crippen LogP contribution in [0.2, 0.25) is 0 Å². The molecule has 0 saturated heterocycles. The van der Waals surface area contributed by atoms with Crippen LogP contribution in [0.15, 0.2) is 71.7 Å². The first-order valence-electron chi connectivity index (χ1n) is 11.7. The van der Waals surface area contributed by atoms with Crippen LogP contribution >= 0.6 is 0 Å². The van der Waals surface area contributed by atoms with Gasteiger partial charge in [-0.05, 0) is 61.5 Å². The van der Waals surface area contributed by atoms with E-state index in [1.165, 1.54) is 22.9 Å². The summed E-state index contributed by atoms with van der Waals surface area (Å²) in [6, 6.07) is 15.1. The molecule has 5 rings (SSSR count). The van der Waals surface area contributed by atoms with E-state index < -0.39 is 22.9 Å². The van der Waals surface area contributed by atoms with Gasteiger partial charge >= 0.3 is 0 Å². The lowest BCUT2D eigenvalue weighted by molar-refractivity contribution is -0.116. The summed E-state index contributed by atoms with van der Waals surface area (Å²) in [4.78, 5) is 39.4. The van der Waals surface area contributed by atoms with Crippen molar-refractivity contribution in [3.63, 3.8) is 0 Å². The minimum Gasteiger partial charge on any atom is -0.494 e. The molecule has 1 N–H and O–H groups in total. The zero-order valence-corrected chi connectivity index (χ0v) is 20.0. The number of hydrogen-bond acceptors (Lipinski definition) is 6. The van der Waals surface area contributed by atoms with Gasteiger partial charge in [0.25, 0.3) is 0 Å². The van der Waals surface area contributed by atoms with E-state index in [1.54, 1.807) is 42.5 Å². The van der Waals surface area contributed by atoms with Gasteiger partial charge in [0.1, 0.15) is 31.3 Å². The number of fused-ring (bicyclic) bond motifs is 2. The number of benzene rings is 3. The molecule has 8 nitrogen and oxygen atoms in total. The number of carbonyl (C=O) groups is 2. The minimum absolute atomic E-state index is 0.00363. The molecule has 1 aromatic heterocycles. The molecule has 0 radical (unpaired) electrons. The average molecular weight is 502 g/mol. The van der Waals surface area contributed by atoms with E-state index in [-0.39, 0.29) is 23.1 Å². The van der Waals surface area contributed by atoms with Crippen molar-refractivity contribution < 1.29 is 28.2 Å². The van der Waals surface area contributed by atoms with Crippen LogP contribution in [0.25, 0.3) is 10.9 Å². The summed E-state index contributed by atoms with van der Waals surface area (Å²) < 4.78 is 32.0. The third-order valence-electron chi connectivity index (χ3n) is 5.85. The second-order valence-electron chi connectivity index (χ2n) is 8.35. The van der Waals surface area contributed by atoms with Crippen LogP contribution in [-0.4, -0.2) is 36.1 Å². The van der Waals surface area contributed by atoms with E-state index in [0.29, 0.717) is 48.3 Å². The van der Waals surface area contributed by atoms with Crippen molar-refractivity contribution in [1.82, 2.24) is 4.57 Å². The molecular weight excluding hydrogens is 479 g/mol. The maximum absolute atomic E-state index is 14.1. The lowest BCUT2D eigenvalue weighted by Crippen LogP contribution is -2.24. The monoisotopic (exact) mass is 502 g/mol. The van der Waals surface area contributed by atoms with Crippen molar-refractivity contribution in [3.8, 4) is 17.2 Å². The van der Waals surface area contributed by atoms with Gasteiger partial charge in [-0.1, -0.05) is 0 Å². The number of anilines is 1. The van der Waals surface area contributed by atoms with Crippen LogP contribution in [-0.2, 0) is 11.3 Å². The minimum atomic E-state index is -0.623. The molecule has 0 unspecified atom stereocenters. The van der Waals surface area contributed by atoms with Gasteiger partial charge in [-0.15, -0.1) is 0 Å². The molecule has 9 heteroatoms. The molecule has 3 aromatic carbocycles. The van der Waals surface area contributed by atoms with Gasteiger partial charge in [0.2, 0.25) is 11.3 Å². The summed E-state index contributed by atoms with van der Waals surface area (Å²) in [5, 5.41) is 2.79. The Morgan fingerprint density at radius 2 is 1.76 bits per heavy atom. The fraction of sp³-hybridized carbons (Fsp3) is 0.179. The molecule has 1 aliphatic heterocycles. The lowest BCUT2D eigenvalue weighted by Gasteiger charge is -2.19. The number of aromatic nitrogens is 1. The quantitative estimate of drug-likeness (QED) is 0.381. The molecule has 2 heterocycles. The van der Waals surface area contributed by atoms with Gasteiger partial charge in [0.15, 0.2) is 17.3 Å². The van der Waals surface area contributed by atoms with Crippen LogP contribution in [0.5, 0.6) is 17.2 Å². The molecule has 188 valence electrons. The zero-order valence-electron chi connectivity index (χ0n) is 20.0. The topological polar surface area (TPSA) is 95.9 Å². The number of nitrogens with one attached hydrogen (secondary N) is 1. The van der Waals surface area contributed by atoms with E-state index in [4.69, 9.17) is 14.2 Å². The van der Waals surface area contributed by atoms with Gasteiger partial charge in [-0.2, -0.15) is 0 Å². The van der Waals surface area contributed by atoms with Crippen LogP contribution in [0, 0.1) is 5.82 Å². The summed E-state index contributed by atoms with van der Waals surface area (Å²) in [5.74, 6) is 0.132. The molecule has 0 saturated carbocycles. The molecule has 4 aromatic rings. The molecule has 0 atom stereocenters. The predicted molar refractivity (Wildman–Crippen MR) is 135 cm³/mol. The molecule has 1 aliphatic rings. The number of carbonyl (C=O) groups excluding carboxylic acids is 2. The van der Waals surface area contributed by atoms with Crippen molar-refractivity contribution in [2.45, 2.75) is 13.5 Å². The number of nitrogens with zero attached hydrogens (tertiary/aromatic N) is 1. The van der Waals surface area contributed by atoms with E-state index in [9.17, 15) is 18.8 Å². The highest BCUT2D eigenvalue weighted by Crippen LogP contribution is 2.32. The van der Waals surface area contributed by atoms with Crippen molar-refractivity contribution in [2.24, 2.45) is 0 Å². The molecular formula is C28H23FN2O6. The van der Waals surface area contributed by atoms with Gasteiger partial charge in [0.05, 0.1) is 17.7 Å². The summed E-state index contributed by atoms with van der Waals surface area (Å²) >= 11 is 0. The molecule has 0 fully saturated rings. The zero-order chi connectivity index (χ0) is 25.9. The van der Waals surface area contributed by atoms with Crippen molar-refractivity contribution in [3.05, 3.63) is 94.0 Å². The summed E-state index contributed by atoms with van der Waals surface area (Å²) in [7, 11) is 0. The van der Waals surface area contributed by atoms with Crippen LogP contribution in [0.4, 0.5) is 10.1 Å². The van der Waals surface area contributed by atoms with Gasteiger partial charge < -0.3 is 24.1 Å². The second kappa shape index (κ2) is 10.1. The first kappa shape index (κ1) is 24.1. The van der Waals surface area contributed by atoms with Gasteiger partial charge in [0, 0.05) is 28.9 Å². The van der Waals surface area contributed by atoms with Gasteiger partial charge in [-0.3, -0.25) is 14.4 Å². The Balaban J connectivity index is 1.47. The highest BCUT2D eigenvalue weighted by atomic mass is 19.1. The Morgan fingerprint density at radius 3 is 2.51 bits per heavy atom. The maximum Gasteiger partial charge on any atom is 0.244 e. The van der Waals surface area contributed by atoms with Gasteiger partial charge in [-0.25, -0.2) is 4.39 Å². The Labute approximate surface area is 211 Å². The van der Waals surface area contributed by atoms with Crippen LogP contribution in [0.3, 0.4) is 0 Å². The Hall–Kier alpha value is -4.66. The van der Waals surface area contributed by atoms with E-state index in [1.807, 2.05) is 6.92 Å². The smallest absolute Gasteiger partial charge is 0.244 e. The van der Waals surface area contributed by atoms with Crippen molar-refractivity contribution >= 4 is 28.3 Å². The maximum atomic E-state index is 14.1. The highest BCUT2D eigenvalue weighted by molar-refractivity contribution is 6.10. The summed E-state index contributed by atoms with van der Waals surface area (Å²) in [6.07, 6.45) is 1.34. The van der Waals surface area contributed by atoms with E-state index in [0.717, 1.165) is 6.07 Å². The fourth-order valence-corrected chi connectivity index (χ4v) is 4.16. The molecule has 0 bridgehead atoms. The summed E-state index contributed by atoms with van der Waals surface area (Å²) in [5.41, 5.74) is 0.304. The predicted octanol–water partition coefficient (Wildman–Crippen LogP) is 4.18. The number of ether oxygens (including phenoxy) is 3. The fourth-order valence-electron chi connectivity index (χ4n) is 4.16. The van der Waals surface area contributed by atoms with Crippen LogP contribution in [0.1, 0.15) is 22.8 Å². The third kappa shape index (κ3) is 5.02. The SMILES string of the molecule is CCOc1ccc(C(=O)c2cn(CC(=O)Nc3ccc4c(c3)OCCO4)c3ccc(F)cc3c2=O)cc1. The number of amides is 1. The van der Waals surface area contributed by atoms with Crippen molar-refractivity contribution in [2.75, 3.05) is 25.1 Å². The Morgan fingerprint density at radius 1 is 1.00 bits per heavy atom. The lowest BCUT2D eigenvalue weighted by atomic mass is 10.0. The number of hydrogen-bond donors (Lipinski definition) is 1.